The number of anilines is 1. The number of nitrogens with two attached hydrogens (primary N) is 1. The topological polar surface area (TPSA) is 58.4 Å². The summed E-state index contributed by atoms with van der Waals surface area (Å²) in [6, 6.07) is 7.91. The summed E-state index contributed by atoms with van der Waals surface area (Å²) in [5.74, 6) is 0. The van der Waals surface area contributed by atoms with Crippen LogP contribution < -0.4 is 11.1 Å². The highest BCUT2D eigenvalue weighted by molar-refractivity contribution is 5.89. The normalized spacial score (nSPS) is 12.0. The fraction of sp³-hybridized carbons (Fsp3) is 0.562. The van der Waals surface area contributed by atoms with Gasteiger partial charge >= 0.3 is 6.03 Å². The third-order valence-electron chi connectivity index (χ3n) is 3.58. The summed E-state index contributed by atoms with van der Waals surface area (Å²) in [5.41, 5.74) is 7.45. The van der Waals surface area contributed by atoms with Crippen molar-refractivity contribution in [2.45, 2.75) is 52.6 Å². The Hall–Kier alpha value is -1.55. The molecule has 3 N–H and O–H groups in total. The van der Waals surface area contributed by atoms with Crippen LogP contribution >= 0.6 is 0 Å². The van der Waals surface area contributed by atoms with E-state index in [1.807, 2.05) is 29.2 Å². The molecule has 4 nitrogen and oxygen atoms in total. The Morgan fingerprint density at radius 2 is 1.95 bits per heavy atom. The predicted octanol–water partition coefficient (Wildman–Crippen LogP) is 3.58. The van der Waals surface area contributed by atoms with Crippen molar-refractivity contribution < 1.29 is 4.79 Å². The molecule has 0 spiro atoms. The van der Waals surface area contributed by atoms with E-state index in [1.54, 1.807) is 0 Å². The first-order valence-electron chi connectivity index (χ1n) is 7.49. The molecule has 0 radical (unpaired) electrons. The highest BCUT2D eigenvalue weighted by Crippen LogP contribution is 2.13. The number of unbranched alkanes of at least 4 members (excludes halogenated alkanes) is 1. The number of carbonyl (C=O) groups excluding carboxylic acids is 1. The molecule has 0 aliphatic rings. The van der Waals surface area contributed by atoms with Crippen molar-refractivity contribution in [1.29, 1.82) is 0 Å². The van der Waals surface area contributed by atoms with Gasteiger partial charge in [-0.25, -0.2) is 4.79 Å². The average Bonchev–Trinajstić information content (AvgIpc) is 2.48. The van der Waals surface area contributed by atoms with Crippen LogP contribution in [0, 0.1) is 0 Å². The first-order chi connectivity index (χ1) is 9.62. The Labute approximate surface area is 122 Å². The lowest BCUT2D eigenvalue weighted by Crippen LogP contribution is -2.41. The van der Waals surface area contributed by atoms with E-state index >= 15 is 0 Å². The van der Waals surface area contributed by atoms with E-state index < -0.39 is 0 Å². The molecular weight excluding hydrogens is 250 g/mol. The maximum Gasteiger partial charge on any atom is 0.322 e. The van der Waals surface area contributed by atoms with Crippen LogP contribution in [-0.4, -0.2) is 23.5 Å². The van der Waals surface area contributed by atoms with E-state index in [-0.39, 0.29) is 12.1 Å². The second-order valence-electron chi connectivity index (χ2n) is 5.14. The van der Waals surface area contributed by atoms with Crippen molar-refractivity contribution in [3.63, 3.8) is 0 Å². The zero-order chi connectivity index (χ0) is 15.0. The van der Waals surface area contributed by atoms with Crippen LogP contribution in [0.25, 0.3) is 0 Å². The molecule has 1 atom stereocenters. The van der Waals surface area contributed by atoms with Gasteiger partial charge in [0.15, 0.2) is 0 Å². The molecule has 4 heteroatoms. The molecular formula is C16H27N3O. The highest BCUT2D eigenvalue weighted by Gasteiger charge is 2.18. The van der Waals surface area contributed by atoms with Crippen LogP contribution in [0.2, 0.25) is 0 Å². The van der Waals surface area contributed by atoms with Crippen molar-refractivity contribution in [2.24, 2.45) is 5.73 Å². The Balaban J connectivity index is 2.68. The summed E-state index contributed by atoms with van der Waals surface area (Å²) in [5, 5.41) is 2.96. The Bertz CT molecular complexity index is 403. The fourth-order valence-corrected chi connectivity index (χ4v) is 1.99. The molecule has 0 aliphatic heterocycles. The molecule has 1 aromatic carbocycles. The second kappa shape index (κ2) is 8.59. The second-order valence-corrected chi connectivity index (χ2v) is 5.14. The number of amides is 2. The van der Waals surface area contributed by atoms with Gasteiger partial charge in [-0.3, -0.25) is 0 Å². The van der Waals surface area contributed by atoms with Crippen LogP contribution in [0.1, 0.15) is 45.6 Å². The zero-order valence-electron chi connectivity index (χ0n) is 12.9. The molecule has 20 heavy (non-hydrogen) atoms. The van der Waals surface area contributed by atoms with Crippen LogP contribution in [0.5, 0.6) is 0 Å². The monoisotopic (exact) mass is 277 g/mol. The van der Waals surface area contributed by atoms with E-state index in [0.717, 1.165) is 37.1 Å². The predicted molar refractivity (Wildman–Crippen MR) is 84.7 cm³/mol. The maximum atomic E-state index is 12.4. The number of rotatable bonds is 7. The minimum atomic E-state index is -0.0201. The van der Waals surface area contributed by atoms with Crippen LogP contribution in [0.15, 0.2) is 24.3 Å². The van der Waals surface area contributed by atoms with E-state index in [2.05, 4.69) is 26.1 Å². The van der Waals surface area contributed by atoms with Crippen molar-refractivity contribution in [3.8, 4) is 0 Å². The summed E-state index contributed by atoms with van der Waals surface area (Å²) in [6.07, 6.45) is 3.08. The van der Waals surface area contributed by atoms with Crippen molar-refractivity contribution in [3.05, 3.63) is 29.8 Å². The van der Waals surface area contributed by atoms with Gasteiger partial charge in [-0.15, -0.1) is 0 Å². The van der Waals surface area contributed by atoms with Gasteiger partial charge in [0.1, 0.15) is 0 Å². The van der Waals surface area contributed by atoms with E-state index in [4.69, 9.17) is 5.73 Å². The summed E-state index contributed by atoms with van der Waals surface area (Å²) in [6.45, 7) is 7.65. The molecule has 1 unspecified atom stereocenters. The zero-order valence-corrected chi connectivity index (χ0v) is 12.9. The van der Waals surface area contributed by atoms with Gasteiger partial charge in [0.05, 0.1) is 0 Å². The van der Waals surface area contributed by atoms with Gasteiger partial charge in [-0.1, -0.05) is 32.4 Å². The standard InChI is InChI=1S/C16H27N3O/c1-4-6-11-19(13(3)5-2)16(20)18-15-9-7-14(12-17)8-10-15/h7-10,13H,4-6,11-12,17H2,1-3H3,(H,18,20). The Morgan fingerprint density at radius 1 is 1.30 bits per heavy atom. The number of hydrogen-bond acceptors (Lipinski definition) is 2. The lowest BCUT2D eigenvalue weighted by molar-refractivity contribution is 0.189. The minimum absolute atomic E-state index is 0.0201. The molecule has 2 amide bonds. The number of nitrogens with zero attached hydrogens (tertiary/aromatic N) is 1. The first-order valence-corrected chi connectivity index (χ1v) is 7.49. The van der Waals surface area contributed by atoms with E-state index in [9.17, 15) is 4.79 Å². The third-order valence-corrected chi connectivity index (χ3v) is 3.58. The van der Waals surface area contributed by atoms with E-state index in [1.165, 1.54) is 0 Å². The van der Waals surface area contributed by atoms with Crippen LogP contribution in [-0.2, 0) is 6.54 Å². The molecule has 0 saturated heterocycles. The smallest absolute Gasteiger partial charge is 0.322 e. The fourth-order valence-electron chi connectivity index (χ4n) is 1.99. The molecule has 0 aromatic heterocycles. The number of hydrogen-bond donors (Lipinski definition) is 2. The largest absolute Gasteiger partial charge is 0.326 e. The summed E-state index contributed by atoms with van der Waals surface area (Å²) in [4.78, 5) is 14.3. The van der Waals surface area contributed by atoms with E-state index in [0.29, 0.717) is 6.54 Å². The molecule has 1 aromatic rings. The number of nitrogens with one attached hydrogen (secondary N) is 1. The average molecular weight is 277 g/mol. The quantitative estimate of drug-likeness (QED) is 0.800. The number of urea groups is 1. The molecule has 0 heterocycles. The Morgan fingerprint density at radius 3 is 2.45 bits per heavy atom. The van der Waals surface area contributed by atoms with Gasteiger partial charge in [0, 0.05) is 24.8 Å². The Kier molecular flexibility index (Phi) is 7.09. The molecule has 0 saturated carbocycles. The van der Waals surface area contributed by atoms with Gasteiger partial charge in [0.2, 0.25) is 0 Å². The summed E-state index contributed by atoms with van der Waals surface area (Å²) >= 11 is 0. The van der Waals surface area contributed by atoms with Gasteiger partial charge < -0.3 is 16.0 Å². The lowest BCUT2D eigenvalue weighted by Gasteiger charge is -2.28. The number of benzene rings is 1. The van der Waals surface area contributed by atoms with Gasteiger partial charge in [-0.2, -0.15) is 0 Å². The summed E-state index contributed by atoms with van der Waals surface area (Å²) in [7, 11) is 0. The van der Waals surface area contributed by atoms with Gasteiger partial charge in [0.25, 0.3) is 0 Å². The van der Waals surface area contributed by atoms with Crippen LogP contribution in [0.4, 0.5) is 10.5 Å². The third kappa shape index (κ3) is 4.85. The lowest BCUT2D eigenvalue weighted by atomic mass is 10.2. The molecule has 0 aliphatic carbocycles. The first kappa shape index (κ1) is 16.5. The SMILES string of the molecule is CCCCN(C(=O)Nc1ccc(CN)cc1)C(C)CC. The van der Waals surface area contributed by atoms with Crippen molar-refractivity contribution in [2.75, 3.05) is 11.9 Å². The van der Waals surface area contributed by atoms with Crippen LogP contribution in [0.3, 0.4) is 0 Å². The molecule has 1 rings (SSSR count). The maximum absolute atomic E-state index is 12.4. The number of carbonyl (C=O) groups is 1. The molecule has 0 fully saturated rings. The summed E-state index contributed by atoms with van der Waals surface area (Å²) < 4.78 is 0. The molecule has 112 valence electrons. The highest BCUT2D eigenvalue weighted by atomic mass is 16.2. The van der Waals surface area contributed by atoms with Crippen molar-refractivity contribution in [1.82, 2.24) is 4.90 Å². The van der Waals surface area contributed by atoms with Gasteiger partial charge in [-0.05, 0) is 37.5 Å². The van der Waals surface area contributed by atoms with Crippen molar-refractivity contribution >= 4 is 11.7 Å². The molecule has 0 bridgehead atoms. The minimum Gasteiger partial charge on any atom is -0.326 e.